The molecule has 5 rings (SSSR count). The molecule has 0 bridgehead atoms. The van der Waals surface area contributed by atoms with Crippen molar-refractivity contribution in [2.24, 2.45) is 0 Å². The number of pyridine rings is 1. The summed E-state index contributed by atoms with van der Waals surface area (Å²) in [5.74, 6) is 0.196. The van der Waals surface area contributed by atoms with Crippen LogP contribution in [0, 0.1) is 0 Å². The van der Waals surface area contributed by atoms with E-state index in [1.165, 1.54) is 16.3 Å². The van der Waals surface area contributed by atoms with E-state index in [1.54, 1.807) is 43.0 Å². The molecular formula is C23H21ClN6O5S. The van der Waals surface area contributed by atoms with Crippen LogP contribution in [0.2, 0.25) is 5.02 Å². The third-order valence-electron chi connectivity index (χ3n) is 5.80. The maximum Gasteiger partial charge on any atom is 0.417 e. The molecule has 1 N–H and O–H groups in total. The normalized spacial score (nSPS) is 14.7. The monoisotopic (exact) mass is 528 g/mol. The molecule has 1 aliphatic rings. The van der Waals surface area contributed by atoms with Gasteiger partial charge in [0.1, 0.15) is 0 Å². The van der Waals surface area contributed by atoms with Crippen molar-refractivity contribution in [1.29, 1.82) is 0 Å². The van der Waals surface area contributed by atoms with Crippen molar-refractivity contribution in [2.45, 2.75) is 5.03 Å². The van der Waals surface area contributed by atoms with E-state index in [0.29, 0.717) is 15.9 Å². The van der Waals surface area contributed by atoms with Crippen molar-refractivity contribution in [1.82, 2.24) is 29.1 Å². The molecule has 13 heteroatoms. The molecule has 4 aromatic rings. The molecule has 0 saturated carbocycles. The number of sulfonamides is 1. The third kappa shape index (κ3) is 4.57. The SMILES string of the molecule is COc1c(S(=O)(=O)N2CCN(C(=O)Oc3ncc(-c4ccncc4)cn3)CC2)[nH]c2ccc(Cl)cc12. The van der Waals surface area contributed by atoms with Crippen LogP contribution in [0.25, 0.3) is 22.0 Å². The van der Waals surface area contributed by atoms with Gasteiger partial charge in [-0.05, 0) is 35.9 Å². The van der Waals surface area contributed by atoms with Gasteiger partial charge in [-0.25, -0.2) is 23.2 Å². The minimum absolute atomic E-state index is 0.0546. The number of nitrogens with zero attached hydrogens (tertiary/aromatic N) is 5. The number of piperazine rings is 1. The van der Waals surface area contributed by atoms with Gasteiger partial charge in [0.15, 0.2) is 10.8 Å². The van der Waals surface area contributed by atoms with Crippen molar-refractivity contribution in [2.75, 3.05) is 33.3 Å². The number of amides is 1. The number of ether oxygens (including phenoxy) is 2. The first-order valence-corrected chi connectivity index (χ1v) is 12.7. The van der Waals surface area contributed by atoms with Crippen LogP contribution < -0.4 is 9.47 Å². The fraction of sp³-hybridized carbons (Fsp3) is 0.217. The van der Waals surface area contributed by atoms with E-state index in [0.717, 1.165) is 11.1 Å². The average Bonchev–Trinajstić information content (AvgIpc) is 3.28. The molecule has 36 heavy (non-hydrogen) atoms. The molecule has 1 aromatic carbocycles. The smallest absolute Gasteiger partial charge is 0.417 e. The van der Waals surface area contributed by atoms with E-state index in [4.69, 9.17) is 21.1 Å². The molecule has 1 saturated heterocycles. The second-order valence-corrected chi connectivity index (χ2v) is 10.2. The highest BCUT2D eigenvalue weighted by molar-refractivity contribution is 7.89. The average molecular weight is 529 g/mol. The lowest BCUT2D eigenvalue weighted by Crippen LogP contribution is -2.51. The van der Waals surface area contributed by atoms with Gasteiger partial charge < -0.3 is 19.4 Å². The highest BCUT2D eigenvalue weighted by atomic mass is 35.5. The molecule has 186 valence electrons. The fourth-order valence-corrected chi connectivity index (χ4v) is 5.68. The molecule has 11 nitrogen and oxygen atoms in total. The molecule has 0 unspecified atom stereocenters. The number of fused-ring (bicyclic) bond motifs is 1. The summed E-state index contributed by atoms with van der Waals surface area (Å²) in [4.78, 5) is 29.1. The highest BCUT2D eigenvalue weighted by Crippen LogP contribution is 2.36. The fourth-order valence-electron chi connectivity index (χ4n) is 3.94. The van der Waals surface area contributed by atoms with Crippen molar-refractivity contribution in [3.05, 3.63) is 60.1 Å². The molecule has 4 heterocycles. The van der Waals surface area contributed by atoms with Gasteiger partial charge >= 0.3 is 12.1 Å². The Kier molecular flexibility index (Phi) is 6.48. The quantitative estimate of drug-likeness (QED) is 0.418. The Hall–Kier alpha value is -3.74. The number of aromatic nitrogens is 4. The van der Waals surface area contributed by atoms with Crippen molar-refractivity contribution < 1.29 is 22.7 Å². The molecule has 0 spiro atoms. The van der Waals surface area contributed by atoms with Crippen molar-refractivity contribution in [3.8, 4) is 22.9 Å². The lowest BCUT2D eigenvalue weighted by Gasteiger charge is -2.32. The van der Waals surface area contributed by atoms with E-state index in [1.807, 2.05) is 12.1 Å². The Labute approximate surface area is 211 Å². The van der Waals surface area contributed by atoms with Gasteiger partial charge in [-0.3, -0.25) is 4.98 Å². The van der Waals surface area contributed by atoms with Crippen LogP contribution in [0.4, 0.5) is 4.79 Å². The van der Waals surface area contributed by atoms with E-state index in [2.05, 4.69) is 19.9 Å². The van der Waals surface area contributed by atoms with Gasteiger partial charge in [0.05, 0.1) is 12.6 Å². The third-order valence-corrected chi connectivity index (χ3v) is 7.88. The number of aromatic amines is 1. The Morgan fingerprint density at radius 3 is 2.39 bits per heavy atom. The summed E-state index contributed by atoms with van der Waals surface area (Å²) in [6, 6.07) is 8.55. The molecule has 1 aliphatic heterocycles. The Balaban J connectivity index is 1.24. The van der Waals surface area contributed by atoms with E-state index in [9.17, 15) is 13.2 Å². The van der Waals surface area contributed by atoms with Crippen LogP contribution in [0.1, 0.15) is 0 Å². The summed E-state index contributed by atoms with van der Waals surface area (Å²) in [5, 5.41) is 0.980. The number of halogens is 1. The maximum absolute atomic E-state index is 13.4. The molecule has 1 amide bonds. The zero-order valence-corrected chi connectivity index (χ0v) is 20.7. The molecule has 1 fully saturated rings. The number of benzene rings is 1. The Morgan fingerprint density at radius 2 is 1.72 bits per heavy atom. The number of H-pyrrole nitrogens is 1. The second-order valence-electron chi connectivity index (χ2n) is 7.93. The van der Waals surface area contributed by atoms with Gasteiger partial charge in [0, 0.05) is 66.9 Å². The standard InChI is InChI=1S/C23H21ClN6O5S/c1-34-20-18-12-17(24)2-3-19(18)28-21(20)36(32,33)30-10-8-29(9-11-30)23(31)35-22-26-13-16(14-27-22)15-4-6-25-7-5-15/h2-7,12-14,28H,8-11H2,1H3. The first-order chi connectivity index (χ1) is 17.4. The minimum atomic E-state index is -3.92. The topological polar surface area (TPSA) is 131 Å². The first-order valence-electron chi connectivity index (χ1n) is 10.9. The molecule has 3 aromatic heterocycles. The van der Waals surface area contributed by atoms with Gasteiger partial charge in [0.25, 0.3) is 10.0 Å². The van der Waals surface area contributed by atoms with Crippen LogP contribution in [0.3, 0.4) is 0 Å². The van der Waals surface area contributed by atoms with Gasteiger partial charge in [-0.1, -0.05) is 11.6 Å². The van der Waals surface area contributed by atoms with Crippen LogP contribution in [-0.4, -0.2) is 76.9 Å². The zero-order valence-electron chi connectivity index (χ0n) is 19.1. The van der Waals surface area contributed by atoms with Gasteiger partial charge in [-0.2, -0.15) is 4.31 Å². The van der Waals surface area contributed by atoms with Crippen LogP contribution in [0.15, 0.2) is 60.1 Å². The van der Waals surface area contributed by atoms with Crippen LogP contribution >= 0.6 is 11.6 Å². The van der Waals surface area contributed by atoms with E-state index in [-0.39, 0.29) is 43.0 Å². The maximum atomic E-state index is 13.4. The summed E-state index contributed by atoms with van der Waals surface area (Å²) >= 11 is 6.07. The van der Waals surface area contributed by atoms with Gasteiger partial charge in [-0.15, -0.1) is 0 Å². The number of carbonyl (C=O) groups is 1. The number of nitrogens with one attached hydrogen (secondary N) is 1. The largest absolute Gasteiger partial charge is 0.493 e. The summed E-state index contributed by atoms with van der Waals surface area (Å²) < 4.78 is 38.7. The summed E-state index contributed by atoms with van der Waals surface area (Å²) in [5.41, 5.74) is 2.23. The highest BCUT2D eigenvalue weighted by Gasteiger charge is 2.35. The number of carbonyl (C=O) groups excluding carboxylic acids is 1. The Morgan fingerprint density at radius 1 is 1.03 bits per heavy atom. The number of hydrogen-bond donors (Lipinski definition) is 1. The summed E-state index contributed by atoms with van der Waals surface area (Å²) in [7, 11) is -2.51. The summed E-state index contributed by atoms with van der Waals surface area (Å²) in [6.45, 7) is 0.445. The lowest BCUT2D eigenvalue weighted by molar-refractivity contribution is 0.129. The van der Waals surface area contributed by atoms with Gasteiger partial charge in [0.2, 0.25) is 0 Å². The zero-order chi connectivity index (χ0) is 25.3. The van der Waals surface area contributed by atoms with Crippen molar-refractivity contribution in [3.63, 3.8) is 0 Å². The number of hydrogen-bond acceptors (Lipinski definition) is 8. The van der Waals surface area contributed by atoms with Crippen LogP contribution in [0.5, 0.6) is 11.8 Å². The molecule has 0 atom stereocenters. The van der Waals surface area contributed by atoms with E-state index < -0.39 is 16.1 Å². The van der Waals surface area contributed by atoms with Crippen LogP contribution in [-0.2, 0) is 10.0 Å². The molecule has 0 aliphatic carbocycles. The molecule has 0 radical (unpaired) electrons. The molecular weight excluding hydrogens is 508 g/mol. The second kappa shape index (κ2) is 9.72. The Bertz CT molecular complexity index is 1500. The first kappa shape index (κ1) is 24.0. The van der Waals surface area contributed by atoms with E-state index >= 15 is 0 Å². The lowest BCUT2D eigenvalue weighted by atomic mass is 10.1. The minimum Gasteiger partial charge on any atom is -0.493 e. The number of rotatable bonds is 5. The number of methoxy groups -OCH3 is 1. The predicted octanol–water partition coefficient (Wildman–Crippen LogP) is 3.19. The summed E-state index contributed by atoms with van der Waals surface area (Å²) in [6.07, 6.45) is 5.77. The van der Waals surface area contributed by atoms with Crippen molar-refractivity contribution >= 4 is 38.6 Å². The predicted molar refractivity (Wildman–Crippen MR) is 131 cm³/mol.